The van der Waals surface area contributed by atoms with Crippen molar-refractivity contribution in [3.05, 3.63) is 57.7 Å². The van der Waals surface area contributed by atoms with Crippen LogP contribution in [0.15, 0.2) is 47.6 Å². The van der Waals surface area contributed by atoms with Crippen molar-refractivity contribution in [1.82, 2.24) is 14.8 Å². The van der Waals surface area contributed by atoms with Crippen LogP contribution in [0.25, 0.3) is 17.1 Å². The normalized spacial score (nSPS) is 10.6. The van der Waals surface area contributed by atoms with Crippen LogP contribution in [0.4, 0.5) is 5.69 Å². The van der Waals surface area contributed by atoms with Gasteiger partial charge in [-0.1, -0.05) is 17.7 Å². The number of hydrogen-bond acceptors (Lipinski definition) is 5. The molecule has 0 amide bonds. The quantitative estimate of drug-likeness (QED) is 0.565. The minimum absolute atomic E-state index is 0.0838. The number of nitrogens with one attached hydrogen (secondary N) is 1. The van der Waals surface area contributed by atoms with E-state index in [0.29, 0.717) is 16.2 Å². The number of aromatic amines is 1. The highest BCUT2D eigenvalue weighted by Crippen LogP contribution is 2.32. The summed E-state index contributed by atoms with van der Waals surface area (Å²) in [6, 6.07) is 12.2. The zero-order chi connectivity index (χ0) is 15.7. The van der Waals surface area contributed by atoms with Gasteiger partial charge in [-0.05, 0) is 48.6 Å². The van der Waals surface area contributed by atoms with Crippen LogP contribution in [0.2, 0.25) is 0 Å². The molecule has 22 heavy (non-hydrogen) atoms. The van der Waals surface area contributed by atoms with Gasteiger partial charge in [0.15, 0.2) is 10.6 Å². The van der Waals surface area contributed by atoms with Gasteiger partial charge in [-0.25, -0.2) is 0 Å². The lowest BCUT2D eigenvalue weighted by Crippen LogP contribution is -1.98. The summed E-state index contributed by atoms with van der Waals surface area (Å²) in [6.07, 6.45) is 0. The zero-order valence-corrected chi connectivity index (χ0v) is 12.5. The Labute approximate surface area is 131 Å². The maximum Gasteiger partial charge on any atom is 0.200 e. The molecule has 6 nitrogen and oxygen atoms in total. The number of aromatic nitrogens is 3. The van der Waals surface area contributed by atoms with Crippen LogP contribution in [0.5, 0.6) is 5.75 Å². The van der Waals surface area contributed by atoms with Gasteiger partial charge < -0.3 is 5.11 Å². The average molecular weight is 312 g/mol. The summed E-state index contributed by atoms with van der Waals surface area (Å²) >= 11 is 5.27. The lowest BCUT2D eigenvalue weighted by molar-refractivity contribution is 0.477. The maximum atomic E-state index is 10.5. The van der Waals surface area contributed by atoms with E-state index in [1.807, 2.05) is 31.2 Å². The molecule has 3 rings (SSSR count). The highest BCUT2D eigenvalue weighted by Gasteiger charge is 2.14. The van der Waals surface area contributed by atoms with Gasteiger partial charge in [-0.2, -0.15) is 5.10 Å². The molecule has 1 aromatic heterocycles. The smallest absolute Gasteiger partial charge is 0.200 e. The first kappa shape index (κ1) is 14.2. The van der Waals surface area contributed by atoms with E-state index in [-0.39, 0.29) is 11.4 Å². The third-order valence-electron chi connectivity index (χ3n) is 3.29. The van der Waals surface area contributed by atoms with Crippen LogP contribution in [-0.4, -0.2) is 19.9 Å². The van der Waals surface area contributed by atoms with Gasteiger partial charge in [0.2, 0.25) is 0 Å². The predicted octanol–water partition coefficient (Wildman–Crippen LogP) is 4.01. The number of nitrogens with zero attached hydrogens (tertiary/aromatic N) is 3. The molecular weight excluding hydrogens is 300 g/mol. The first-order valence-corrected chi connectivity index (χ1v) is 6.92. The Kier molecular flexibility index (Phi) is 3.56. The Morgan fingerprint density at radius 3 is 2.59 bits per heavy atom. The Balaban J connectivity index is 2.19. The van der Waals surface area contributed by atoms with Crippen molar-refractivity contribution in [2.45, 2.75) is 6.92 Å². The highest BCUT2D eigenvalue weighted by molar-refractivity contribution is 7.71. The molecule has 2 N–H and O–H groups in total. The molecule has 0 saturated heterocycles. The average Bonchev–Trinajstić information content (AvgIpc) is 2.89. The van der Waals surface area contributed by atoms with E-state index in [1.165, 1.54) is 12.1 Å². The summed E-state index contributed by atoms with van der Waals surface area (Å²) in [5.74, 6) is 0.378. The number of H-pyrrole nitrogens is 1. The lowest BCUT2D eigenvalue weighted by atomic mass is 10.1. The molecule has 3 aromatic rings. The minimum Gasteiger partial charge on any atom is -0.507 e. The van der Waals surface area contributed by atoms with E-state index in [9.17, 15) is 10.0 Å². The number of phenols is 1. The van der Waals surface area contributed by atoms with Crippen LogP contribution in [0.3, 0.4) is 0 Å². The first-order valence-electron chi connectivity index (χ1n) is 6.51. The van der Waals surface area contributed by atoms with Gasteiger partial charge in [0, 0.05) is 11.8 Å². The van der Waals surface area contributed by atoms with E-state index in [2.05, 4.69) is 15.4 Å². The van der Waals surface area contributed by atoms with Gasteiger partial charge in [-0.3, -0.25) is 9.67 Å². The van der Waals surface area contributed by atoms with Crippen molar-refractivity contribution in [2.24, 2.45) is 5.18 Å². The van der Waals surface area contributed by atoms with E-state index in [0.717, 1.165) is 11.3 Å². The third-order valence-corrected chi connectivity index (χ3v) is 3.57. The second kappa shape index (κ2) is 5.53. The molecule has 0 aliphatic carbocycles. The second-order valence-corrected chi connectivity index (χ2v) is 5.20. The number of phenolic OH excluding ortho intramolecular Hbond substituents is 1. The number of hydrogen-bond donors (Lipinski definition) is 2. The molecule has 0 unspecified atom stereocenters. The van der Waals surface area contributed by atoms with Crippen molar-refractivity contribution in [3.8, 4) is 22.8 Å². The van der Waals surface area contributed by atoms with Crippen LogP contribution < -0.4 is 0 Å². The lowest BCUT2D eigenvalue weighted by Gasteiger charge is -2.08. The number of benzene rings is 2. The fourth-order valence-corrected chi connectivity index (χ4v) is 2.41. The first-order chi connectivity index (χ1) is 10.6. The van der Waals surface area contributed by atoms with Gasteiger partial charge >= 0.3 is 0 Å². The molecule has 0 aliphatic heterocycles. The van der Waals surface area contributed by atoms with Crippen molar-refractivity contribution in [2.75, 3.05) is 0 Å². The molecular formula is C15H12N4O2S. The Bertz CT molecular complexity index is 897. The van der Waals surface area contributed by atoms with Gasteiger partial charge in [0.25, 0.3) is 0 Å². The largest absolute Gasteiger partial charge is 0.507 e. The summed E-state index contributed by atoms with van der Waals surface area (Å²) < 4.78 is 2.13. The van der Waals surface area contributed by atoms with Crippen molar-refractivity contribution >= 4 is 17.9 Å². The van der Waals surface area contributed by atoms with Crippen molar-refractivity contribution < 1.29 is 5.11 Å². The molecule has 0 saturated carbocycles. The molecule has 2 aromatic carbocycles. The van der Waals surface area contributed by atoms with Crippen LogP contribution in [-0.2, 0) is 0 Å². The van der Waals surface area contributed by atoms with E-state index >= 15 is 0 Å². The number of rotatable bonds is 3. The highest BCUT2D eigenvalue weighted by atomic mass is 32.1. The molecule has 110 valence electrons. The van der Waals surface area contributed by atoms with Crippen LogP contribution >= 0.6 is 12.2 Å². The second-order valence-electron chi connectivity index (χ2n) is 4.82. The monoisotopic (exact) mass is 312 g/mol. The molecule has 0 bridgehead atoms. The molecule has 0 aliphatic rings. The molecule has 7 heteroatoms. The summed E-state index contributed by atoms with van der Waals surface area (Å²) in [5.41, 5.74) is 2.57. The molecule has 0 spiro atoms. The topological polar surface area (TPSA) is 83.3 Å². The van der Waals surface area contributed by atoms with Crippen LogP contribution in [0, 0.1) is 16.6 Å². The van der Waals surface area contributed by atoms with Crippen LogP contribution in [0.1, 0.15) is 5.56 Å². The number of aryl methyl sites for hydroxylation is 1. The Morgan fingerprint density at radius 1 is 1.23 bits per heavy atom. The molecule has 0 fully saturated rings. The van der Waals surface area contributed by atoms with E-state index in [4.69, 9.17) is 12.2 Å². The fraction of sp³-hybridized carbons (Fsp3) is 0.0667. The van der Waals surface area contributed by atoms with E-state index in [1.54, 1.807) is 10.6 Å². The third kappa shape index (κ3) is 2.42. The molecule has 1 heterocycles. The zero-order valence-electron chi connectivity index (χ0n) is 11.6. The van der Waals surface area contributed by atoms with Gasteiger partial charge in [0.05, 0.1) is 5.56 Å². The predicted molar refractivity (Wildman–Crippen MR) is 86.0 cm³/mol. The summed E-state index contributed by atoms with van der Waals surface area (Å²) in [5, 5.41) is 19.8. The van der Waals surface area contributed by atoms with Gasteiger partial charge in [0.1, 0.15) is 11.4 Å². The number of aromatic hydroxyl groups is 1. The summed E-state index contributed by atoms with van der Waals surface area (Å²) in [6.45, 7) is 2.00. The summed E-state index contributed by atoms with van der Waals surface area (Å²) in [7, 11) is 0. The van der Waals surface area contributed by atoms with Gasteiger partial charge in [-0.15, -0.1) is 4.91 Å². The molecule has 0 atom stereocenters. The Hall–Kier alpha value is -2.80. The summed E-state index contributed by atoms with van der Waals surface area (Å²) in [4.78, 5) is 10.5. The van der Waals surface area contributed by atoms with E-state index < -0.39 is 0 Å². The van der Waals surface area contributed by atoms with Crippen molar-refractivity contribution in [1.29, 1.82) is 0 Å². The maximum absolute atomic E-state index is 10.5. The molecule has 0 radical (unpaired) electrons. The Morgan fingerprint density at radius 2 is 1.95 bits per heavy atom. The number of nitroso groups, excluding NO2 is 1. The SMILES string of the molecule is Cc1ccc(-n2c(-c3ccc(N=O)cc3O)n[nH]c2=S)cc1. The van der Waals surface area contributed by atoms with Crippen molar-refractivity contribution in [3.63, 3.8) is 0 Å². The standard InChI is InChI=1S/C15H12N4O2S/c1-9-2-5-11(6-3-9)19-14(16-17-15(19)22)12-7-4-10(18-21)8-13(12)20/h2-8,20H,1H3,(H,17,22). The fourth-order valence-electron chi connectivity index (χ4n) is 2.18. The minimum atomic E-state index is -0.0838.